The summed E-state index contributed by atoms with van der Waals surface area (Å²) in [6, 6.07) is 6.57. The molecule has 24 heavy (non-hydrogen) atoms. The third kappa shape index (κ3) is 3.50. The zero-order chi connectivity index (χ0) is 17.1. The van der Waals surface area contributed by atoms with Crippen molar-refractivity contribution in [3.05, 3.63) is 52.7 Å². The highest BCUT2D eigenvalue weighted by Crippen LogP contribution is 2.31. The number of halogens is 1. The van der Waals surface area contributed by atoms with E-state index in [9.17, 15) is 9.18 Å². The minimum Gasteiger partial charge on any atom is -0.361 e. The summed E-state index contributed by atoms with van der Waals surface area (Å²) in [4.78, 5) is 14.7. The van der Waals surface area contributed by atoms with Gasteiger partial charge in [0.25, 0.3) is 0 Å². The summed E-state index contributed by atoms with van der Waals surface area (Å²) in [6.45, 7) is 4.54. The van der Waals surface area contributed by atoms with Gasteiger partial charge >= 0.3 is 0 Å². The molecule has 4 nitrogen and oxygen atoms in total. The fraction of sp³-hybridized carbons (Fsp3) is 0.474. The van der Waals surface area contributed by atoms with Gasteiger partial charge in [-0.3, -0.25) is 4.79 Å². The summed E-state index contributed by atoms with van der Waals surface area (Å²) < 4.78 is 18.3. The van der Waals surface area contributed by atoms with E-state index in [0.29, 0.717) is 12.8 Å². The Labute approximate surface area is 141 Å². The SMILES string of the molecule is Cc1noc(C)c1CCC(=O)N1CCCCC1c1ccc(F)cc1. The van der Waals surface area contributed by atoms with E-state index in [1.807, 2.05) is 18.7 Å². The molecule has 1 aromatic heterocycles. The number of carbonyl (C=O) groups excluding carboxylic acids is 1. The van der Waals surface area contributed by atoms with Crippen molar-refractivity contribution in [2.75, 3.05) is 6.54 Å². The van der Waals surface area contributed by atoms with Crippen LogP contribution in [0.4, 0.5) is 4.39 Å². The number of aromatic nitrogens is 1. The zero-order valence-corrected chi connectivity index (χ0v) is 14.2. The molecule has 1 aromatic carbocycles. The second-order valence-electron chi connectivity index (χ2n) is 6.45. The van der Waals surface area contributed by atoms with Crippen molar-refractivity contribution in [3.8, 4) is 0 Å². The van der Waals surface area contributed by atoms with Crippen molar-refractivity contribution in [3.63, 3.8) is 0 Å². The van der Waals surface area contributed by atoms with Crippen molar-refractivity contribution >= 4 is 5.91 Å². The molecule has 1 saturated heterocycles. The Morgan fingerprint density at radius 1 is 1.29 bits per heavy atom. The fourth-order valence-electron chi connectivity index (χ4n) is 3.50. The Balaban J connectivity index is 1.70. The van der Waals surface area contributed by atoms with Crippen LogP contribution in [0.5, 0.6) is 0 Å². The lowest BCUT2D eigenvalue weighted by Crippen LogP contribution is -2.38. The van der Waals surface area contributed by atoms with Gasteiger partial charge in [-0.25, -0.2) is 4.39 Å². The molecule has 0 aliphatic carbocycles. The Kier molecular flexibility index (Phi) is 4.97. The van der Waals surface area contributed by atoms with Crippen LogP contribution in [0.15, 0.2) is 28.8 Å². The third-order valence-electron chi connectivity index (χ3n) is 4.85. The van der Waals surface area contributed by atoms with E-state index in [2.05, 4.69) is 5.16 Å². The average molecular weight is 330 g/mol. The smallest absolute Gasteiger partial charge is 0.223 e. The normalized spacial score (nSPS) is 18.0. The average Bonchev–Trinajstić information content (AvgIpc) is 2.92. The van der Waals surface area contributed by atoms with E-state index in [4.69, 9.17) is 4.52 Å². The molecule has 0 N–H and O–H groups in total. The van der Waals surface area contributed by atoms with Gasteiger partial charge in [0.1, 0.15) is 11.6 Å². The molecule has 1 unspecified atom stereocenters. The van der Waals surface area contributed by atoms with Crippen molar-refractivity contribution in [2.24, 2.45) is 0 Å². The Morgan fingerprint density at radius 3 is 2.71 bits per heavy atom. The van der Waals surface area contributed by atoms with Gasteiger partial charge in [0.15, 0.2) is 0 Å². The van der Waals surface area contributed by atoms with Gasteiger partial charge in [0.2, 0.25) is 5.91 Å². The van der Waals surface area contributed by atoms with Crippen LogP contribution in [0.2, 0.25) is 0 Å². The van der Waals surface area contributed by atoms with Crippen LogP contribution in [0.1, 0.15) is 54.3 Å². The minimum absolute atomic E-state index is 0.0523. The van der Waals surface area contributed by atoms with Crippen molar-refractivity contribution in [1.82, 2.24) is 10.1 Å². The van der Waals surface area contributed by atoms with E-state index in [1.54, 1.807) is 12.1 Å². The number of benzene rings is 1. The number of likely N-dealkylation sites (tertiary alicyclic amines) is 1. The van der Waals surface area contributed by atoms with Crippen LogP contribution in [-0.2, 0) is 11.2 Å². The lowest BCUT2D eigenvalue weighted by molar-refractivity contribution is -0.135. The maximum absolute atomic E-state index is 13.2. The molecule has 3 rings (SSSR count). The second kappa shape index (κ2) is 7.16. The van der Waals surface area contributed by atoms with Gasteiger partial charge in [0.05, 0.1) is 11.7 Å². The molecule has 1 aliphatic rings. The van der Waals surface area contributed by atoms with Crippen LogP contribution in [-0.4, -0.2) is 22.5 Å². The van der Waals surface area contributed by atoms with Gasteiger partial charge in [0, 0.05) is 18.5 Å². The molecule has 128 valence electrons. The summed E-state index contributed by atoms with van der Waals surface area (Å²) in [6.07, 6.45) is 4.14. The van der Waals surface area contributed by atoms with Crippen LogP contribution < -0.4 is 0 Å². The predicted molar refractivity (Wildman–Crippen MR) is 89.0 cm³/mol. The monoisotopic (exact) mass is 330 g/mol. The Bertz CT molecular complexity index is 689. The fourth-order valence-corrected chi connectivity index (χ4v) is 3.50. The third-order valence-corrected chi connectivity index (χ3v) is 4.85. The van der Waals surface area contributed by atoms with E-state index in [0.717, 1.165) is 48.4 Å². The highest BCUT2D eigenvalue weighted by Gasteiger charge is 2.28. The Morgan fingerprint density at radius 2 is 2.04 bits per heavy atom. The maximum Gasteiger partial charge on any atom is 0.223 e. The molecule has 0 saturated carbocycles. The number of nitrogens with zero attached hydrogens (tertiary/aromatic N) is 2. The standard InChI is InChI=1S/C19H23FN2O2/c1-13-17(14(2)24-21-13)10-11-19(23)22-12-4-3-5-18(22)15-6-8-16(20)9-7-15/h6-9,18H,3-5,10-12H2,1-2H3. The highest BCUT2D eigenvalue weighted by molar-refractivity contribution is 5.77. The molecular formula is C19H23FN2O2. The molecular weight excluding hydrogens is 307 g/mol. The number of piperidine rings is 1. The van der Waals surface area contributed by atoms with Crippen LogP contribution in [0, 0.1) is 19.7 Å². The zero-order valence-electron chi connectivity index (χ0n) is 14.2. The topological polar surface area (TPSA) is 46.3 Å². The lowest BCUT2D eigenvalue weighted by Gasteiger charge is -2.36. The molecule has 0 radical (unpaired) electrons. The molecule has 1 fully saturated rings. The van der Waals surface area contributed by atoms with Crippen LogP contribution in [0.3, 0.4) is 0 Å². The molecule has 1 atom stereocenters. The first kappa shape index (κ1) is 16.7. The van der Waals surface area contributed by atoms with Gasteiger partial charge in [-0.1, -0.05) is 17.3 Å². The molecule has 0 bridgehead atoms. The molecule has 2 heterocycles. The van der Waals surface area contributed by atoms with Gasteiger partial charge in [-0.15, -0.1) is 0 Å². The number of rotatable bonds is 4. The van der Waals surface area contributed by atoms with E-state index in [1.165, 1.54) is 12.1 Å². The first-order valence-electron chi connectivity index (χ1n) is 8.53. The summed E-state index contributed by atoms with van der Waals surface area (Å²) in [5.41, 5.74) is 2.90. The summed E-state index contributed by atoms with van der Waals surface area (Å²) >= 11 is 0. The van der Waals surface area contributed by atoms with Crippen molar-refractivity contribution in [1.29, 1.82) is 0 Å². The molecule has 1 aliphatic heterocycles. The largest absolute Gasteiger partial charge is 0.361 e. The van der Waals surface area contributed by atoms with E-state index >= 15 is 0 Å². The van der Waals surface area contributed by atoms with Gasteiger partial charge < -0.3 is 9.42 Å². The lowest BCUT2D eigenvalue weighted by atomic mass is 9.94. The summed E-state index contributed by atoms with van der Waals surface area (Å²) in [7, 11) is 0. The van der Waals surface area contributed by atoms with Crippen LogP contribution >= 0.6 is 0 Å². The van der Waals surface area contributed by atoms with Gasteiger partial charge in [-0.05, 0) is 57.2 Å². The molecule has 2 aromatic rings. The molecule has 1 amide bonds. The quantitative estimate of drug-likeness (QED) is 0.847. The van der Waals surface area contributed by atoms with E-state index < -0.39 is 0 Å². The first-order chi connectivity index (χ1) is 11.6. The minimum atomic E-state index is -0.245. The Hall–Kier alpha value is -2.17. The van der Waals surface area contributed by atoms with Gasteiger partial charge in [-0.2, -0.15) is 0 Å². The predicted octanol–water partition coefficient (Wildman–Crippen LogP) is 4.12. The maximum atomic E-state index is 13.2. The van der Waals surface area contributed by atoms with E-state index in [-0.39, 0.29) is 17.8 Å². The molecule has 5 heteroatoms. The number of aryl methyl sites for hydroxylation is 2. The second-order valence-corrected chi connectivity index (χ2v) is 6.45. The first-order valence-corrected chi connectivity index (χ1v) is 8.53. The molecule has 0 spiro atoms. The number of hydrogen-bond acceptors (Lipinski definition) is 3. The summed E-state index contributed by atoms with van der Waals surface area (Å²) in [5.74, 6) is 0.684. The number of hydrogen-bond donors (Lipinski definition) is 0. The van der Waals surface area contributed by atoms with Crippen LogP contribution in [0.25, 0.3) is 0 Å². The van der Waals surface area contributed by atoms with Crippen molar-refractivity contribution in [2.45, 2.75) is 52.0 Å². The highest BCUT2D eigenvalue weighted by atomic mass is 19.1. The number of amides is 1. The van der Waals surface area contributed by atoms with Crippen molar-refractivity contribution < 1.29 is 13.7 Å². The summed E-state index contributed by atoms with van der Waals surface area (Å²) in [5, 5.41) is 3.94. The number of carbonyl (C=O) groups is 1.